The van der Waals surface area contributed by atoms with Gasteiger partial charge in [-0.2, -0.15) is 0 Å². The molecule has 4 heteroatoms. The lowest BCUT2D eigenvalue weighted by atomic mass is 10.1. The summed E-state index contributed by atoms with van der Waals surface area (Å²) in [6, 6.07) is 20.2. The summed E-state index contributed by atoms with van der Waals surface area (Å²) >= 11 is 0. The molecule has 1 aliphatic heterocycles. The van der Waals surface area contributed by atoms with E-state index in [1.54, 1.807) is 12.3 Å². The Bertz CT molecular complexity index is 917. The van der Waals surface area contributed by atoms with Crippen molar-refractivity contribution >= 4 is 17.3 Å². The van der Waals surface area contributed by atoms with E-state index in [4.69, 9.17) is 0 Å². The molecular formula is C22H21N3O. The number of amides is 1. The minimum Gasteiger partial charge on any atom is -0.380 e. The normalized spacial score (nSPS) is 12.7. The van der Waals surface area contributed by atoms with E-state index in [0.717, 1.165) is 24.3 Å². The second-order valence-corrected chi connectivity index (χ2v) is 6.61. The average Bonchev–Trinajstić information content (AvgIpc) is 3.11. The van der Waals surface area contributed by atoms with Crippen LogP contribution in [0.2, 0.25) is 0 Å². The van der Waals surface area contributed by atoms with E-state index in [0.29, 0.717) is 12.2 Å². The zero-order valence-electron chi connectivity index (χ0n) is 14.8. The van der Waals surface area contributed by atoms with Crippen LogP contribution in [-0.4, -0.2) is 17.4 Å². The lowest BCUT2D eigenvalue weighted by molar-refractivity contribution is 0.0984. The molecule has 0 saturated heterocycles. The third kappa shape index (κ3) is 3.31. The number of fused-ring (bicyclic) bond motifs is 1. The molecule has 0 fully saturated rings. The molecule has 1 amide bonds. The number of benzene rings is 2. The summed E-state index contributed by atoms with van der Waals surface area (Å²) in [5, 5.41) is 3.34. The smallest absolute Gasteiger partial charge is 0.276 e. The van der Waals surface area contributed by atoms with Gasteiger partial charge in [-0.05, 0) is 42.7 Å². The number of carbonyl (C=O) groups is 1. The van der Waals surface area contributed by atoms with Gasteiger partial charge in [0, 0.05) is 18.8 Å². The van der Waals surface area contributed by atoms with Gasteiger partial charge in [-0.1, -0.05) is 48.0 Å². The zero-order chi connectivity index (χ0) is 17.9. The van der Waals surface area contributed by atoms with E-state index in [1.165, 1.54) is 16.7 Å². The molecule has 1 N–H and O–H groups in total. The van der Waals surface area contributed by atoms with Gasteiger partial charge in [0.15, 0.2) is 0 Å². The molecule has 0 atom stereocenters. The van der Waals surface area contributed by atoms with Crippen molar-refractivity contribution in [2.75, 3.05) is 16.8 Å². The number of aryl methyl sites for hydroxylation is 1. The minimum atomic E-state index is -0.0416. The van der Waals surface area contributed by atoms with Gasteiger partial charge in [-0.25, -0.2) is 4.98 Å². The molecule has 0 spiro atoms. The molecule has 0 unspecified atom stereocenters. The van der Waals surface area contributed by atoms with Gasteiger partial charge in [-0.15, -0.1) is 0 Å². The fourth-order valence-corrected chi connectivity index (χ4v) is 3.22. The summed E-state index contributed by atoms with van der Waals surface area (Å²) < 4.78 is 0. The Morgan fingerprint density at radius 1 is 1.08 bits per heavy atom. The van der Waals surface area contributed by atoms with Crippen LogP contribution in [-0.2, 0) is 13.0 Å². The summed E-state index contributed by atoms with van der Waals surface area (Å²) in [6.45, 7) is 3.53. The van der Waals surface area contributed by atoms with Gasteiger partial charge >= 0.3 is 0 Å². The molecule has 1 aromatic heterocycles. The highest BCUT2D eigenvalue weighted by Crippen LogP contribution is 2.28. The molecular weight excluding hydrogens is 322 g/mol. The van der Waals surface area contributed by atoms with Crippen LogP contribution in [0.4, 0.5) is 11.4 Å². The van der Waals surface area contributed by atoms with E-state index < -0.39 is 0 Å². The molecule has 130 valence electrons. The fourth-order valence-electron chi connectivity index (χ4n) is 3.22. The van der Waals surface area contributed by atoms with Crippen LogP contribution in [0.1, 0.15) is 27.2 Å². The van der Waals surface area contributed by atoms with E-state index in [-0.39, 0.29) is 5.91 Å². The summed E-state index contributed by atoms with van der Waals surface area (Å²) in [5.74, 6) is -0.0416. The van der Waals surface area contributed by atoms with Crippen LogP contribution in [0.25, 0.3) is 0 Å². The molecule has 0 aliphatic carbocycles. The van der Waals surface area contributed by atoms with Gasteiger partial charge in [0.2, 0.25) is 0 Å². The Hall–Kier alpha value is -3.14. The number of nitrogens with one attached hydrogen (secondary N) is 1. The van der Waals surface area contributed by atoms with E-state index >= 15 is 0 Å². The summed E-state index contributed by atoms with van der Waals surface area (Å²) in [7, 11) is 0. The van der Waals surface area contributed by atoms with Gasteiger partial charge in [0.1, 0.15) is 5.69 Å². The highest BCUT2D eigenvalue weighted by Gasteiger charge is 2.25. The number of anilines is 2. The first-order valence-corrected chi connectivity index (χ1v) is 8.86. The van der Waals surface area contributed by atoms with Gasteiger partial charge in [0.25, 0.3) is 5.91 Å². The number of para-hydroxylation sites is 1. The molecule has 1 aliphatic rings. The summed E-state index contributed by atoms with van der Waals surface area (Å²) in [5.41, 5.74) is 6.07. The standard InChI is InChI=1S/C22H21N3O/c1-16-6-8-17(9-7-16)14-23-19-10-11-20(24-15-19)22(26)25-13-12-18-4-2-3-5-21(18)25/h2-11,15,23H,12-14H2,1H3. The number of hydrogen-bond donors (Lipinski definition) is 1. The Balaban J connectivity index is 1.43. The predicted octanol–water partition coefficient (Wildman–Crippen LogP) is 4.21. The van der Waals surface area contributed by atoms with E-state index in [1.807, 2.05) is 29.2 Å². The lowest BCUT2D eigenvalue weighted by Crippen LogP contribution is -2.29. The fraction of sp³-hybridized carbons (Fsp3) is 0.182. The van der Waals surface area contributed by atoms with Crippen molar-refractivity contribution in [2.24, 2.45) is 0 Å². The number of pyridine rings is 1. The first-order valence-electron chi connectivity index (χ1n) is 8.86. The maximum absolute atomic E-state index is 12.8. The predicted molar refractivity (Wildman–Crippen MR) is 105 cm³/mol. The average molecular weight is 343 g/mol. The monoisotopic (exact) mass is 343 g/mol. The van der Waals surface area contributed by atoms with Crippen molar-refractivity contribution in [3.63, 3.8) is 0 Å². The number of nitrogens with zero attached hydrogens (tertiary/aromatic N) is 2. The van der Waals surface area contributed by atoms with Crippen LogP contribution < -0.4 is 10.2 Å². The molecule has 0 saturated carbocycles. The molecule has 0 radical (unpaired) electrons. The maximum atomic E-state index is 12.8. The first-order chi connectivity index (χ1) is 12.7. The Kier molecular flexibility index (Phi) is 4.40. The molecule has 2 heterocycles. The quantitative estimate of drug-likeness (QED) is 0.772. The molecule has 4 nitrogen and oxygen atoms in total. The topological polar surface area (TPSA) is 45.2 Å². The van der Waals surface area contributed by atoms with E-state index in [2.05, 4.69) is 47.6 Å². The zero-order valence-corrected chi connectivity index (χ0v) is 14.8. The van der Waals surface area contributed by atoms with Crippen molar-refractivity contribution in [3.8, 4) is 0 Å². The van der Waals surface area contributed by atoms with E-state index in [9.17, 15) is 4.79 Å². The van der Waals surface area contributed by atoms with Crippen LogP contribution in [0.5, 0.6) is 0 Å². The Morgan fingerprint density at radius 3 is 2.65 bits per heavy atom. The summed E-state index contributed by atoms with van der Waals surface area (Å²) in [4.78, 5) is 19.0. The second kappa shape index (κ2) is 7.00. The number of aromatic nitrogens is 1. The largest absolute Gasteiger partial charge is 0.380 e. The number of hydrogen-bond acceptors (Lipinski definition) is 3. The van der Waals surface area contributed by atoms with Gasteiger partial charge in [0.05, 0.1) is 11.9 Å². The molecule has 0 bridgehead atoms. The third-order valence-electron chi connectivity index (χ3n) is 4.73. The van der Waals surface area contributed by atoms with Crippen molar-refractivity contribution in [3.05, 3.63) is 89.2 Å². The van der Waals surface area contributed by atoms with Crippen LogP contribution in [0.3, 0.4) is 0 Å². The lowest BCUT2D eigenvalue weighted by Gasteiger charge is -2.17. The third-order valence-corrected chi connectivity index (χ3v) is 4.73. The second-order valence-electron chi connectivity index (χ2n) is 6.61. The Labute approximate surface area is 153 Å². The number of rotatable bonds is 4. The summed E-state index contributed by atoms with van der Waals surface area (Å²) in [6.07, 6.45) is 2.63. The van der Waals surface area contributed by atoms with Crippen molar-refractivity contribution in [1.29, 1.82) is 0 Å². The molecule has 2 aromatic carbocycles. The number of carbonyl (C=O) groups excluding carboxylic acids is 1. The molecule has 4 rings (SSSR count). The maximum Gasteiger partial charge on any atom is 0.276 e. The highest BCUT2D eigenvalue weighted by molar-refractivity contribution is 6.06. The SMILES string of the molecule is Cc1ccc(CNc2ccc(C(=O)N3CCc4ccccc43)nc2)cc1. The van der Waals surface area contributed by atoms with Crippen molar-refractivity contribution < 1.29 is 4.79 Å². The van der Waals surface area contributed by atoms with Crippen LogP contribution >= 0.6 is 0 Å². The minimum absolute atomic E-state index is 0.0416. The Morgan fingerprint density at radius 2 is 1.88 bits per heavy atom. The first kappa shape index (κ1) is 16.3. The van der Waals surface area contributed by atoms with Crippen LogP contribution in [0.15, 0.2) is 66.9 Å². The van der Waals surface area contributed by atoms with Gasteiger partial charge < -0.3 is 10.2 Å². The van der Waals surface area contributed by atoms with Crippen LogP contribution in [0, 0.1) is 6.92 Å². The van der Waals surface area contributed by atoms with Crippen molar-refractivity contribution in [1.82, 2.24) is 4.98 Å². The molecule has 26 heavy (non-hydrogen) atoms. The highest BCUT2D eigenvalue weighted by atomic mass is 16.2. The van der Waals surface area contributed by atoms with Crippen molar-refractivity contribution in [2.45, 2.75) is 19.9 Å². The van der Waals surface area contributed by atoms with Gasteiger partial charge in [-0.3, -0.25) is 4.79 Å². The molecule has 3 aromatic rings.